The summed E-state index contributed by atoms with van der Waals surface area (Å²) in [6, 6.07) is 20.1. The third-order valence-electron chi connectivity index (χ3n) is 7.16. The zero-order valence-corrected chi connectivity index (χ0v) is 23.9. The van der Waals surface area contributed by atoms with Gasteiger partial charge in [-0.2, -0.15) is 13.2 Å². The summed E-state index contributed by atoms with van der Waals surface area (Å²) in [6.45, 7) is -0.587. The van der Waals surface area contributed by atoms with Gasteiger partial charge in [-0.25, -0.2) is 14.0 Å². The third kappa shape index (κ3) is 6.28. The highest BCUT2D eigenvalue weighted by atomic mass is 32.1. The smallest absolute Gasteiger partial charge is 0.387 e. The molecule has 0 fully saturated rings. The molecular formula is C31H22F4N4O5S. The fourth-order valence-electron chi connectivity index (χ4n) is 5.06. The number of thiophene rings is 1. The zero-order valence-electron chi connectivity index (χ0n) is 23.0. The molecule has 230 valence electrons. The number of nitrogens with zero attached hydrogens (tertiary/aromatic N) is 3. The molecule has 1 unspecified atom stereocenters. The van der Waals surface area contributed by atoms with Crippen LogP contribution in [-0.4, -0.2) is 30.6 Å². The molecule has 0 aliphatic carbocycles. The number of rotatable bonds is 8. The van der Waals surface area contributed by atoms with Gasteiger partial charge in [0.25, 0.3) is 5.56 Å². The molecule has 1 atom stereocenters. The van der Waals surface area contributed by atoms with Gasteiger partial charge in [0.05, 0.1) is 31.0 Å². The Labute approximate surface area is 254 Å². The van der Waals surface area contributed by atoms with Crippen molar-refractivity contribution in [3.63, 3.8) is 0 Å². The monoisotopic (exact) mass is 638 g/mol. The number of aromatic nitrogens is 4. The summed E-state index contributed by atoms with van der Waals surface area (Å²) >= 11 is 0.706. The molecule has 0 spiro atoms. The average Bonchev–Trinajstić information content (AvgIpc) is 3.63. The van der Waals surface area contributed by atoms with Crippen molar-refractivity contribution < 1.29 is 27.2 Å². The van der Waals surface area contributed by atoms with E-state index in [9.17, 15) is 37.1 Å². The number of benzene rings is 3. The van der Waals surface area contributed by atoms with E-state index in [0.717, 1.165) is 33.9 Å². The van der Waals surface area contributed by atoms with Gasteiger partial charge in [0.15, 0.2) is 5.82 Å². The van der Waals surface area contributed by atoms with Crippen LogP contribution in [0.4, 0.5) is 17.6 Å². The Kier molecular flexibility index (Phi) is 7.85. The minimum absolute atomic E-state index is 0.0705. The second-order valence-corrected chi connectivity index (χ2v) is 11.4. The first-order valence-corrected chi connectivity index (χ1v) is 14.3. The molecule has 0 saturated heterocycles. The van der Waals surface area contributed by atoms with E-state index in [-0.39, 0.29) is 33.0 Å². The predicted octanol–water partition coefficient (Wildman–Crippen LogP) is 5.26. The first-order chi connectivity index (χ1) is 21.5. The summed E-state index contributed by atoms with van der Waals surface area (Å²) in [4.78, 5) is 41.0. The quantitative estimate of drug-likeness (QED) is 0.219. The maximum Gasteiger partial charge on any atom is 0.439 e. The predicted molar refractivity (Wildman–Crippen MR) is 159 cm³/mol. The molecule has 0 aliphatic rings. The Morgan fingerprint density at radius 2 is 1.62 bits per heavy atom. The molecule has 0 saturated carbocycles. The van der Waals surface area contributed by atoms with Gasteiger partial charge in [0.2, 0.25) is 0 Å². The van der Waals surface area contributed by atoms with Crippen molar-refractivity contribution in [2.24, 2.45) is 0 Å². The molecule has 0 radical (unpaired) electrons. The highest BCUT2D eigenvalue weighted by Crippen LogP contribution is 2.31. The van der Waals surface area contributed by atoms with Crippen molar-refractivity contribution in [1.29, 1.82) is 0 Å². The maximum absolute atomic E-state index is 13.7. The van der Waals surface area contributed by atoms with Crippen LogP contribution in [0.2, 0.25) is 0 Å². The summed E-state index contributed by atoms with van der Waals surface area (Å²) in [5, 5.41) is 14.4. The van der Waals surface area contributed by atoms with Crippen molar-refractivity contribution >= 4 is 21.6 Å². The van der Waals surface area contributed by atoms with E-state index in [2.05, 4.69) is 14.7 Å². The molecule has 0 amide bonds. The number of alkyl halides is 3. The highest BCUT2D eigenvalue weighted by Gasteiger charge is 2.30. The highest BCUT2D eigenvalue weighted by molar-refractivity contribution is 7.18. The lowest BCUT2D eigenvalue weighted by atomic mass is 9.98. The second kappa shape index (κ2) is 11.8. The Hall–Kier alpha value is -5.08. The number of aliphatic hydroxyl groups excluding tert-OH is 1. The molecule has 6 rings (SSSR count). The van der Waals surface area contributed by atoms with Crippen molar-refractivity contribution in [3.8, 4) is 22.5 Å². The van der Waals surface area contributed by atoms with Crippen LogP contribution in [0.15, 0.2) is 97.8 Å². The van der Waals surface area contributed by atoms with Crippen LogP contribution in [0.5, 0.6) is 0 Å². The number of aromatic amines is 1. The number of nitrogens with one attached hydrogen (secondary N) is 1. The third-order valence-corrected chi connectivity index (χ3v) is 8.32. The van der Waals surface area contributed by atoms with Crippen molar-refractivity contribution in [3.05, 3.63) is 132 Å². The molecule has 3 aromatic carbocycles. The zero-order chi connectivity index (χ0) is 31.9. The molecule has 2 N–H and O–H groups in total. The molecule has 3 heterocycles. The molecule has 45 heavy (non-hydrogen) atoms. The van der Waals surface area contributed by atoms with Crippen LogP contribution < -0.4 is 17.0 Å². The van der Waals surface area contributed by atoms with Crippen LogP contribution in [0.25, 0.3) is 32.7 Å². The van der Waals surface area contributed by atoms with E-state index in [1.807, 2.05) is 6.07 Å². The van der Waals surface area contributed by atoms with Gasteiger partial charge >= 0.3 is 17.6 Å². The molecular weight excluding hydrogens is 616 g/mol. The van der Waals surface area contributed by atoms with E-state index in [0.29, 0.717) is 22.5 Å². The Balaban J connectivity index is 1.39. The van der Waals surface area contributed by atoms with Crippen LogP contribution in [0.3, 0.4) is 0 Å². The van der Waals surface area contributed by atoms with Crippen LogP contribution in [-0.2, 0) is 19.5 Å². The minimum atomic E-state index is -4.53. The van der Waals surface area contributed by atoms with Gasteiger partial charge in [-0.05, 0) is 40.5 Å². The van der Waals surface area contributed by atoms with Crippen LogP contribution in [0, 0.1) is 5.82 Å². The first kappa shape index (κ1) is 30.0. The molecule has 14 heteroatoms. The van der Waals surface area contributed by atoms with Gasteiger partial charge in [-0.1, -0.05) is 65.8 Å². The van der Waals surface area contributed by atoms with Crippen LogP contribution >= 0.6 is 11.3 Å². The molecule has 0 aliphatic heterocycles. The van der Waals surface area contributed by atoms with Gasteiger partial charge in [0.1, 0.15) is 10.6 Å². The van der Waals surface area contributed by atoms with Crippen molar-refractivity contribution in [2.75, 3.05) is 0 Å². The normalized spacial score (nSPS) is 12.6. The maximum atomic E-state index is 13.7. The Morgan fingerprint density at radius 3 is 2.27 bits per heavy atom. The van der Waals surface area contributed by atoms with E-state index in [1.54, 1.807) is 42.5 Å². The first-order valence-electron chi connectivity index (χ1n) is 13.5. The van der Waals surface area contributed by atoms with Gasteiger partial charge < -0.3 is 5.11 Å². The number of hydrogen-bond donors (Lipinski definition) is 2. The fraction of sp³-hybridized carbons (Fsp3) is 0.161. The average molecular weight is 639 g/mol. The van der Waals surface area contributed by atoms with Gasteiger partial charge in [0, 0.05) is 10.4 Å². The van der Waals surface area contributed by atoms with Gasteiger partial charge in [-0.3, -0.25) is 23.4 Å². The number of aliphatic hydroxyl groups is 1. The molecule has 0 bridgehead atoms. The van der Waals surface area contributed by atoms with E-state index >= 15 is 0 Å². The lowest BCUT2D eigenvalue weighted by molar-refractivity contribution is -0.126. The van der Waals surface area contributed by atoms with E-state index in [1.165, 1.54) is 16.7 Å². The van der Waals surface area contributed by atoms with Crippen molar-refractivity contribution in [1.82, 2.24) is 19.3 Å². The fourth-order valence-corrected chi connectivity index (χ4v) is 6.23. The number of H-pyrrole nitrogens is 1. The summed E-state index contributed by atoms with van der Waals surface area (Å²) in [5.74, 6) is -0.999. The number of hydrogen-bond acceptors (Lipinski definition) is 7. The topological polar surface area (TPSA) is 123 Å². The Morgan fingerprint density at radius 1 is 0.933 bits per heavy atom. The standard InChI is InChI=1S/C31H22F4N4O5S/c32-20-11-9-19(10-12-20)25(40)16-38-27(41)24-13-21(14-31(33,34)35)45-28(24)39(30(38)43)15-17-5-7-18(8-6-17)22-3-1-2-4-23(22)26-36-29(42)44-37-26/h1-13,25,40H,14-16H2,(H,36,37,42). The summed E-state index contributed by atoms with van der Waals surface area (Å²) < 4.78 is 59.8. The molecule has 6 aromatic rings. The SMILES string of the molecule is O=c1[nH]c(-c2ccccc2-c2ccc(Cn3c(=O)n(CC(O)c4ccc(F)cc4)c(=O)c4cc(CC(F)(F)F)sc43)cc2)no1. The lowest BCUT2D eigenvalue weighted by Crippen LogP contribution is -2.41. The lowest BCUT2D eigenvalue weighted by Gasteiger charge is -2.16. The van der Waals surface area contributed by atoms with Crippen LogP contribution in [0.1, 0.15) is 22.1 Å². The summed E-state index contributed by atoms with van der Waals surface area (Å²) in [7, 11) is 0. The van der Waals surface area contributed by atoms with Gasteiger partial charge in [-0.15, -0.1) is 11.3 Å². The van der Waals surface area contributed by atoms with E-state index < -0.39 is 48.1 Å². The van der Waals surface area contributed by atoms with E-state index in [4.69, 9.17) is 0 Å². The minimum Gasteiger partial charge on any atom is -0.387 e. The second-order valence-electron chi connectivity index (χ2n) is 10.3. The molecule has 3 aromatic heterocycles. The molecule has 9 nitrogen and oxygen atoms in total. The summed E-state index contributed by atoms with van der Waals surface area (Å²) in [6.07, 6.45) is -7.17. The number of halogens is 4. The van der Waals surface area contributed by atoms with Crippen molar-refractivity contribution in [2.45, 2.75) is 31.8 Å². The number of fused-ring (bicyclic) bond motifs is 1. The summed E-state index contributed by atoms with van der Waals surface area (Å²) in [5.41, 5.74) is 1.27. The Bertz CT molecular complexity index is 2180. The largest absolute Gasteiger partial charge is 0.439 e.